The Bertz CT molecular complexity index is 1310. The van der Waals surface area contributed by atoms with Crippen LogP contribution >= 0.6 is 11.7 Å². The Morgan fingerprint density at radius 3 is 2.45 bits per heavy atom. The zero-order valence-corrected chi connectivity index (χ0v) is 17.9. The third-order valence-corrected chi connectivity index (χ3v) is 8.04. The monoisotopic (exact) mass is 458 g/mol. The summed E-state index contributed by atoms with van der Waals surface area (Å²) in [4.78, 5) is 28.5. The number of fused-ring (bicyclic) bond motifs is 2. The van der Waals surface area contributed by atoms with Crippen molar-refractivity contribution in [3.05, 3.63) is 47.5 Å². The van der Waals surface area contributed by atoms with Crippen LogP contribution in [-0.2, 0) is 10.0 Å². The minimum atomic E-state index is -3.73. The van der Waals surface area contributed by atoms with Gasteiger partial charge in [-0.3, -0.25) is 19.4 Å². The molecule has 0 unspecified atom stereocenters. The van der Waals surface area contributed by atoms with Gasteiger partial charge in [0.1, 0.15) is 15.9 Å². The first-order valence-electron chi connectivity index (χ1n) is 9.56. The lowest BCUT2D eigenvalue weighted by atomic mass is 10.1. The van der Waals surface area contributed by atoms with E-state index in [1.54, 1.807) is 30.3 Å². The number of rotatable bonds is 4. The molecule has 3 heterocycles. The van der Waals surface area contributed by atoms with E-state index < -0.39 is 15.9 Å². The summed E-state index contributed by atoms with van der Waals surface area (Å²) >= 11 is 0.975. The fourth-order valence-corrected chi connectivity index (χ4v) is 6.10. The Morgan fingerprint density at radius 2 is 1.71 bits per heavy atom. The molecule has 12 heteroatoms. The Balaban J connectivity index is 1.29. The van der Waals surface area contributed by atoms with E-state index in [4.69, 9.17) is 5.73 Å². The molecular formula is C19H18N6O4S2. The van der Waals surface area contributed by atoms with Gasteiger partial charge in [-0.2, -0.15) is 13.1 Å². The molecule has 31 heavy (non-hydrogen) atoms. The van der Waals surface area contributed by atoms with Gasteiger partial charge in [-0.15, -0.1) is 0 Å². The molecule has 2 amide bonds. The summed E-state index contributed by atoms with van der Waals surface area (Å²) in [5, 5.41) is 0. The zero-order chi connectivity index (χ0) is 21.8. The van der Waals surface area contributed by atoms with Gasteiger partial charge >= 0.3 is 0 Å². The van der Waals surface area contributed by atoms with Crippen LogP contribution in [0.1, 0.15) is 20.7 Å². The molecule has 0 radical (unpaired) electrons. The van der Waals surface area contributed by atoms with Crippen LogP contribution in [-0.4, -0.2) is 75.9 Å². The third kappa shape index (κ3) is 3.19. The smallest absolute Gasteiger partial charge is 0.264 e. The number of hydrogen-bond donors (Lipinski definition) is 1. The highest BCUT2D eigenvalue weighted by atomic mass is 32.2. The maximum absolute atomic E-state index is 13.2. The average Bonchev–Trinajstić information content (AvgIpc) is 3.33. The van der Waals surface area contributed by atoms with Crippen molar-refractivity contribution in [2.75, 3.05) is 38.6 Å². The summed E-state index contributed by atoms with van der Waals surface area (Å²) in [7, 11) is -3.73. The number of nitrogen functional groups attached to an aromatic ring is 1. The number of imide groups is 1. The largest absolute Gasteiger partial charge is 0.398 e. The highest BCUT2D eigenvalue weighted by Gasteiger charge is 2.39. The molecule has 3 aromatic rings. The Hall–Kier alpha value is -2.93. The molecule has 0 atom stereocenters. The number of amides is 2. The normalized spacial score (nSPS) is 18.1. The minimum Gasteiger partial charge on any atom is -0.398 e. The molecule has 2 aliphatic heterocycles. The van der Waals surface area contributed by atoms with E-state index in [1.165, 1.54) is 10.4 Å². The van der Waals surface area contributed by atoms with E-state index in [9.17, 15) is 18.0 Å². The molecule has 0 saturated carbocycles. The molecule has 0 bridgehead atoms. The van der Waals surface area contributed by atoms with Crippen molar-refractivity contribution in [2.45, 2.75) is 4.90 Å². The number of carbonyl (C=O) groups is 2. The average molecular weight is 459 g/mol. The van der Waals surface area contributed by atoms with Gasteiger partial charge in [0.25, 0.3) is 11.8 Å². The van der Waals surface area contributed by atoms with Gasteiger partial charge in [0.05, 0.1) is 29.5 Å². The molecule has 1 aromatic heterocycles. The number of aromatic nitrogens is 2. The highest BCUT2D eigenvalue weighted by molar-refractivity contribution is 7.89. The highest BCUT2D eigenvalue weighted by Crippen LogP contribution is 2.28. The van der Waals surface area contributed by atoms with E-state index in [0.29, 0.717) is 29.7 Å². The first-order valence-corrected chi connectivity index (χ1v) is 11.7. The zero-order valence-electron chi connectivity index (χ0n) is 16.3. The fraction of sp³-hybridized carbons (Fsp3) is 0.263. The van der Waals surface area contributed by atoms with Crippen molar-refractivity contribution in [1.82, 2.24) is 22.9 Å². The van der Waals surface area contributed by atoms with E-state index >= 15 is 0 Å². The van der Waals surface area contributed by atoms with Crippen LogP contribution in [0.15, 0.2) is 41.3 Å². The maximum atomic E-state index is 13.2. The van der Waals surface area contributed by atoms with Crippen LogP contribution in [0.3, 0.4) is 0 Å². The summed E-state index contributed by atoms with van der Waals surface area (Å²) in [6.45, 7) is 1.33. The quantitative estimate of drug-likeness (QED) is 0.450. The van der Waals surface area contributed by atoms with Gasteiger partial charge in [-0.25, -0.2) is 8.42 Å². The molecule has 1 saturated heterocycles. The lowest BCUT2D eigenvalue weighted by molar-refractivity contribution is 0.0501. The second-order valence-electron chi connectivity index (χ2n) is 7.36. The molecular weight excluding hydrogens is 440 g/mol. The number of benzene rings is 2. The molecule has 0 spiro atoms. The summed E-state index contributed by atoms with van der Waals surface area (Å²) in [5.41, 5.74) is 7.62. The van der Waals surface area contributed by atoms with E-state index in [1.807, 2.05) is 4.90 Å². The summed E-state index contributed by atoms with van der Waals surface area (Å²) in [6, 6.07) is 9.74. The lowest BCUT2D eigenvalue weighted by Gasteiger charge is -2.35. The molecule has 0 aliphatic carbocycles. The van der Waals surface area contributed by atoms with Crippen molar-refractivity contribution in [3.8, 4) is 0 Å². The van der Waals surface area contributed by atoms with Crippen molar-refractivity contribution >= 4 is 50.3 Å². The SMILES string of the molecule is Nc1cccc2c1C(=O)N(CN1CCN(S(=O)(=O)c3cccc4nsnc34)CC1)C2=O. The van der Waals surface area contributed by atoms with Gasteiger partial charge < -0.3 is 5.73 Å². The Labute approximate surface area is 182 Å². The van der Waals surface area contributed by atoms with E-state index in [2.05, 4.69) is 8.75 Å². The van der Waals surface area contributed by atoms with Gasteiger partial charge in [-0.1, -0.05) is 12.1 Å². The van der Waals surface area contributed by atoms with Crippen LogP contribution in [0, 0.1) is 0 Å². The summed E-state index contributed by atoms with van der Waals surface area (Å²) in [6.07, 6.45) is 0. The molecule has 10 nitrogen and oxygen atoms in total. The lowest BCUT2D eigenvalue weighted by Crippen LogP contribution is -2.52. The number of anilines is 1. The first-order chi connectivity index (χ1) is 14.9. The van der Waals surface area contributed by atoms with Crippen molar-refractivity contribution in [3.63, 3.8) is 0 Å². The second kappa shape index (κ2) is 7.34. The van der Waals surface area contributed by atoms with Gasteiger partial charge in [0.2, 0.25) is 10.0 Å². The number of sulfonamides is 1. The predicted molar refractivity (Wildman–Crippen MR) is 114 cm³/mol. The summed E-state index contributed by atoms with van der Waals surface area (Å²) in [5.74, 6) is -0.805. The van der Waals surface area contributed by atoms with Crippen LogP contribution in [0.25, 0.3) is 11.0 Å². The van der Waals surface area contributed by atoms with E-state index in [0.717, 1.165) is 16.6 Å². The molecule has 160 valence electrons. The Morgan fingerprint density at radius 1 is 0.968 bits per heavy atom. The standard InChI is InChI=1S/C19H18N6O4S2/c20-13-4-1-3-12-16(13)19(27)25(18(12)26)11-23-7-9-24(10-8-23)31(28,29)15-6-2-5-14-17(15)22-30-21-14/h1-6H,7-11,20H2. The van der Waals surface area contributed by atoms with E-state index in [-0.39, 0.29) is 41.8 Å². The first kappa shape index (κ1) is 20.0. The minimum absolute atomic E-state index is 0.0886. The molecule has 1 fully saturated rings. The second-order valence-corrected chi connectivity index (χ2v) is 9.79. The van der Waals surface area contributed by atoms with Crippen LogP contribution < -0.4 is 5.73 Å². The maximum Gasteiger partial charge on any atom is 0.264 e. The van der Waals surface area contributed by atoms with Gasteiger partial charge in [0.15, 0.2) is 0 Å². The van der Waals surface area contributed by atoms with Crippen LogP contribution in [0.2, 0.25) is 0 Å². The molecule has 2 N–H and O–H groups in total. The van der Waals surface area contributed by atoms with Gasteiger partial charge in [-0.05, 0) is 24.3 Å². The number of nitrogens with zero attached hydrogens (tertiary/aromatic N) is 5. The number of piperazine rings is 1. The number of nitrogens with two attached hydrogens (primary N) is 1. The van der Waals surface area contributed by atoms with Crippen molar-refractivity contribution in [1.29, 1.82) is 0 Å². The molecule has 2 aromatic carbocycles. The third-order valence-electron chi connectivity index (χ3n) is 5.57. The Kier molecular flexibility index (Phi) is 4.73. The van der Waals surface area contributed by atoms with Crippen LogP contribution in [0.5, 0.6) is 0 Å². The van der Waals surface area contributed by atoms with Gasteiger partial charge in [0, 0.05) is 31.9 Å². The van der Waals surface area contributed by atoms with Crippen molar-refractivity contribution < 1.29 is 18.0 Å². The fourth-order valence-electron chi connectivity index (χ4n) is 3.93. The predicted octanol–water partition coefficient (Wildman–Crippen LogP) is 0.833. The topological polar surface area (TPSA) is 130 Å². The molecule has 5 rings (SSSR count). The molecule has 2 aliphatic rings. The van der Waals surface area contributed by atoms with Crippen LogP contribution in [0.4, 0.5) is 5.69 Å². The van der Waals surface area contributed by atoms with Crippen molar-refractivity contribution in [2.24, 2.45) is 0 Å². The summed E-state index contributed by atoms with van der Waals surface area (Å²) < 4.78 is 35.9. The number of hydrogen-bond acceptors (Lipinski definition) is 9. The number of carbonyl (C=O) groups excluding carboxylic acids is 2.